The van der Waals surface area contributed by atoms with Gasteiger partial charge in [0.15, 0.2) is 0 Å². The van der Waals surface area contributed by atoms with Gasteiger partial charge in [-0.2, -0.15) is 0 Å². The molecule has 0 unspecified atom stereocenters. The molecular formula is C11H26N+. The fourth-order valence-corrected chi connectivity index (χ4v) is 1.32. The van der Waals surface area contributed by atoms with Crippen LogP contribution in [0.3, 0.4) is 0 Å². The molecule has 0 amide bonds. The molecule has 0 heterocycles. The summed E-state index contributed by atoms with van der Waals surface area (Å²) in [4.78, 5) is 0. The molecule has 0 spiro atoms. The van der Waals surface area contributed by atoms with Crippen molar-refractivity contribution in [3.63, 3.8) is 0 Å². The van der Waals surface area contributed by atoms with Crippen molar-refractivity contribution in [2.24, 2.45) is 5.92 Å². The van der Waals surface area contributed by atoms with Gasteiger partial charge in [-0.25, -0.2) is 0 Å². The molecule has 12 heavy (non-hydrogen) atoms. The van der Waals surface area contributed by atoms with E-state index in [2.05, 4.69) is 35.0 Å². The molecule has 0 N–H and O–H groups in total. The van der Waals surface area contributed by atoms with Crippen molar-refractivity contribution < 1.29 is 4.48 Å². The fraction of sp³-hybridized carbons (Fsp3) is 1.00. The summed E-state index contributed by atoms with van der Waals surface area (Å²) in [5.74, 6) is 0.883. The van der Waals surface area contributed by atoms with E-state index in [1.807, 2.05) is 0 Å². The standard InChI is InChI=1S/C11H26N/c1-11(2)9-7-6-8-10-12(3,4)5/h11H,6-10H2,1-5H3/q+1. The van der Waals surface area contributed by atoms with Crippen LogP contribution in [-0.4, -0.2) is 32.2 Å². The number of unbranched alkanes of at least 4 members (excludes halogenated alkanes) is 2. The normalized spacial score (nSPS) is 12.5. The van der Waals surface area contributed by atoms with Gasteiger partial charge in [0.2, 0.25) is 0 Å². The zero-order chi connectivity index (χ0) is 9.61. The number of quaternary nitrogens is 1. The molecule has 0 fully saturated rings. The van der Waals surface area contributed by atoms with Crippen molar-refractivity contribution in [1.82, 2.24) is 0 Å². The highest BCUT2D eigenvalue weighted by atomic mass is 15.3. The van der Waals surface area contributed by atoms with E-state index in [-0.39, 0.29) is 0 Å². The zero-order valence-corrected chi connectivity index (χ0v) is 9.56. The molecule has 0 aliphatic carbocycles. The highest BCUT2D eigenvalue weighted by molar-refractivity contribution is 4.46. The van der Waals surface area contributed by atoms with Gasteiger partial charge in [0, 0.05) is 0 Å². The Bertz CT molecular complexity index is 100. The van der Waals surface area contributed by atoms with E-state index < -0.39 is 0 Å². The predicted molar refractivity (Wildman–Crippen MR) is 56.2 cm³/mol. The Kier molecular flexibility index (Phi) is 5.56. The minimum atomic E-state index is 0.883. The second-order valence-corrected chi connectivity index (χ2v) is 5.26. The average Bonchev–Trinajstić information content (AvgIpc) is 1.83. The molecule has 0 aromatic heterocycles. The van der Waals surface area contributed by atoms with Crippen LogP contribution in [0.4, 0.5) is 0 Å². The van der Waals surface area contributed by atoms with Crippen LogP contribution in [0.2, 0.25) is 0 Å². The van der Waals surface area contributed by atoms with Crippen LogP contribution in [-0.2, 0) is 0 Å². The molecule has 0 saturated carbocycles. The van der Waals surface area contributed by atoms with E-state index in [9.17, 15) is 0 Å². The molecule has 0 radical (unpaired) electrons. The van der Waals surface area contributed by atoms with Gasteiger partial charge in [0.1, 0.15) is 0 Å². The van der Waals surface area contributed by atoms with E-state index >= 15 is 0 Å². The lowest BCUT2D eigenvalue weighted by atomic mass is 10.1. The molecule has 74 valence electrons. The molecule has 0 aliphatic heterocycles. The summed E-state index contributed by atoms with van der Waals surface area (Å²) in [5.41, 5.74) is 0. The van der Waals surface area contributed by atoms with Crippen LogP contribution in [0.1, 0.15) is 39.5 Å². The Morgan fingerprint density at radius 1 is 0.917 bits per heavy atom. The van der Waals surface area contributed by atoms with Crippen molar-refractivity contribution in [3.8, 4) is 0 Å². The summed E-state index contributed by atoms with van der Waals surface area (Å²) in [6, 6.07) is 0. The summed E-state index contributed by atoms with van der Waals surface area (Å²) >= 11 is 0. The summed E-state index contributed by atoms with van der Waals surface area (Å²) in [7, 11) is 6.80. The van der Waals surface area contributed by atoms with Gasteiger partial charge in [0.25, 0.3) is 0 Å². The molecule has 0 rings (SSSR count). The highest BCUT2D eigenvalue weighted by Gasteiger charge is 2.05. The quantitative estimate of drug-likeness (QED) is 0.427. The van der Waals surface area contributed by atoms with E-state index in [1.165, 1.54) is 32.2 Å². The Morgan fingerprint density at radius 2 is 1.50 bits per heavy atom. The molecule has 0 bridgehead atoms. The second-order valence-electron chi connectivity index (χ2n) is 5.26. The first-order chi connectivity index (χ1) is 5.42. The average molecular weight is 172 g/mol. The summed E-state index contributed by atoms with van der Waals surface area (Å²) in [6.07, 6.45) is 5.61. The van der Waals surface area contributed by atoms with Crippen molar-refractivity contribution in [1.29, 1.82) is 0 Å². The van der Waals surface area contributed by atoms with E-state index in [0.29, 0.717) is 0 Å². The van der Waals surface area contributed by atoms with Crippen LogP contribution >= 0.6 is 0 Å². The Morgan fingerprint density at radius 3 is 1.92 bits per heavy atom. The van der Waals surface area contributed by atoms with Crippen LogP contribution in [0, 0.1) is 5.92 Å². The molecule has 0 aromatic carbocycles. The lowest BCUT2D eigenvalue weighted by Gasteiger charge is -2.23. The minimum absolute atomic E-state index is 0.883. The maximum absolute atomic E-state index is 2.31. The smallest absolute Gasteiger partial charge is 0.0780 e. The third-order valence-corrected chi connectivity index (χ3v) is 2.11. The van der Waals surface area contributed by atoms with Gasteiger partial charge in [-0.05, 0) is 18.8 Å². The summed E-state index contributed by atoms with van der Waals surface area (Å²) < 4.78 is 1.11. The van der Waals surface area contributed by atoms with Gasteiger partial charge in [-0.3, -0.25) is 0 Å². The first-order valence-corrected chi connectivity index (χ1v) is 5.22. The van der Waals surface area contributed by atoms with Crippen LogP contribution < -0.4 is 0 Å². The van der Waals surface area contributed by atoms with Crippen molar-refractivity contribution >= 4 is 0 Å². The first-order valence-electron chi connectivity index (χ1n) is 5.22. The lowest BCUT2D eigenvalue weighted by Crippen LogP contribution is -2.35. The van der Waals surface area contributed by atoms with Gasteiger partial charge in [-0.15, -0.1) is 0 Å². The maximum atomic E-state index is 2.31. The first kappa shape index (κ1) is 12.0. The Hall–Kier alpha value is -0.0400. The fourth-order valence-electron chi connectivity index (χ4n) is 1.32. The molecule has 1 nitrogen and oxygen atoms in total. The third-order valence-electron chi connectivity index (χ3n) is 2.11. The van der Waals surface area contributed by atoms with E-state index in [0.717, 1.165) is 10.4 Å². The highest BCUT2D eigenvalue weighted by Crippen LogP contribution is 2.08. The van der Waals surface area contributed by atoms with Crippen LogP contribution in [0.5, 0.6) is 0 Å². The van der Waals surface area contributed by atoms with Crippen molar-refractivity contribution in [2.75, 3.05) is 27.7 Å². The zero-order valence-electron chi connectivity index (χ0n) is 9.56. The molecular weight excluding hydrogens is 146 g/mol. The van der Waals surface area contributed by atoms with Gasteiger partial charge >= 0.3 is 0 Å². The molecule has 0 aliphatic rings. The Labute approximate surface area is 78.4 Å². The molecule has 0 aromatic rings. The summed E-state index contributed by atoms with van der Waals surface area (Å²) in [6.45, 7) is 5.93. The second kappa shape index (κ2) is 5.58. The molecule has 0 saturated heterocycles. The predicted octanol–water partition coefficient (Wildman–Crippen LogP) is 2.91. The van der Waals surface area contributed by atoms with Crippen molar-refractivity contribution in [2.45, 2.75) is 39.5 Å². The van der Waals surface area contributed by atoms with Crippen molar-refractivity contribution in [3.05, 3.63) is 0 Å². The topological polar surface area (TPSA) is 0 Å². The lowest BCUT2D eigenvalue weighted by molar-refractivity contribution is -0.870. The van der Waals surface area contributed by atoms with Gasteiger partial charge < -0.3 is 4.48 Å². The maximum Gasteiger partial charge on any atom is 0.0780 e. The van der Waals surface area contributed by atoms with E-state index in [4.69, 9.17) is 0 Å². The SMILES string of the molecule is CC(C)CCCCC[N+](C)(C)C. The number of nitrogens with zero attached hydrogens (tertiary/aromatic N) is 1. The van der Waals surface area contributed by atoms with Crippen LogP contribution in [0.25, 0.3) is 0 Å². The number of hydrogen-bond donors (Lipinski definition) is 0. The number of rotatable bonds is 6. The minimum Gasteiger partial charge on any atom is -0.331 e. The number of hydrogen-bond acceptors (Lipinski definition) is 0. The third kappa shape index (κ3) is 9.96. The monoisotopic (exact) mass is 172 g/mol. The van der Waals surface area contributed by atoms with Gasteiger partial charge in [0.05, 0.1) is 27.7 Å². The largest absolute Gasteiger partial charge is 0.331 e. The molecule has 0 atom stereocenters. The Balaban J connectivity index is 3.12. The summed E-state index contributed by atoms with van der Waals surface area (Å²) in [5, 5.41) is 0. The molecule has 1 heteroatoms. The van der Waals surface area contributed by atoms with Crippen LogP contribution in [0.15, 0.2) is 0 Å². The van der Waals surface area contributed by atoms with E-state index in [1.54, 1.807) is 0 Å². The van der Waals surface area contributed by atoms with Gasteiger partial charge in [-0.1, -0.05) is 26.7 Å².